The number of imide groups is 1. The van der Waals surface area contributed by atoms with E-state index in [1.54, 1.807) is 24.4 Å². The fraction of sp³-hybridized carbons (Fsp3) is 0.125. The Morgan fingerprint density at radius 3 is 2.28 bits per heavy atom. The van der Waals surface area contributed by atoms with Crippen molar-refractivity contribution in [3.63, 3.8) is 0 Å². The van der Waals surface area contributed by atoms with Gasteiger partial charge in [-0.05, 0) is 53.9 Å². The molecule has 8 heteroatoms. The molecule has 1 aliphatic heterocycles. The predicted octanol–water partition coefficient (Wildman–Crippen LogP) is 3.94. The van der Waals surface area contributed by atoms with Crippen LogP contribution >= 0.6 is 0 Å². The van der Waals surface area contributed by atoms with E-state index in [0.717, 1.165) is 16.9 Å². The molecule has 1 aliphatic rings. The number of aromatic nitrogens is 1. The fourth-order valence-corrected chi connectivity index (χ4v) is 3.47. The van der Waals surface area contributed by atoms with Gasteiger partial charge in [-0.25, -0.2) is 0 Å². The van der Waals surface area contributed by atoms with E-state index in [4.69, 9.17) is 0 Å². The Hall–Kier alpha value is -4.33. The zero-order valence-corrected chi connectivity index (χ0v) is 17.3. The number of anilines is 1. The number of non-ortho nitro benzene ring substituents is 1. The standard InChI is InChI=1S/C24H20N4O4/c1-2-16-6-10-18(11-7-16)26-22-21(17-8-12-20(13-9-17)28(31)32)23(29)27(24(22)30)15-19-5-3-4-14-25-19/h3-14,26H,2,15H2,1H3. The number of rotatable bonds is 7. The summed E-state index contributed by atoms with van der Waals surface area (Å²) in [7, 11) is 0. The summed E-state index contributed by atoms with van der Waals surface area (Å²) in [5, 5.41) is 14.1. The molecule has 0 fully saturated rings. The second-order valence-corrected chi connectivity index (χ2v) is 7.25. The first kappa shape index (κ1) is 20.9. The van der Waals surface area contributed by atoms with Gasteiger partial charge in [-0.1, -0.05) is 25.1 Å². The summed E-state index contributed by atoms with van der Waals surface area (Å²) >= 11 is 0. The van der Waals surface area contributed by atoms with Crippen LogP contribution in [0.1, 0.15) is 23.7 Å². The lowest BCUT2D eigenvalue weighted by molar-refractivity contribution is -0.384. The molecule has 0 spiro atoms. The van der Waals surface area contributed by atoms with E-state index in [2.05, 4.69) is 10.3 Å². The van der Waals surface area contributed by atoms with Gasteiger partial charge in [-0.15, -0.1) is 0 Å². The van der Waals surface area contributed by atoms with E-state index in [1.807, 2.05) is 31.2 Å². The molecule has 32 heavy (non-hydrogen) atoms. The lowest BCUT2D eigenvalue weighted by atomic mass is 10.0. The molecule has 0 atom stereocenters. The van der Waals surface area contributed by atoms with Gasteiger partial charge in [0.2, 0.25) is 0 Å². The van der Waals surface area contributed by atoms with Crippen LogP contribution in [0, 0.1) is 10.1 Å². The average Bonchev–Trinajstić information content (AvgIpc) is 3.04. The minimum Gasteiger partial charge on any atom is -0.350 e. The number of nitro groups is 1. The maximum Gasteiger partial charge on any atom is 0.278 e. The van der Waals surface area contributed by atoms with E-state index in [1.165, 1.54) is 24.3 Å². The third-order valence-electron chi connectivity index (χ3n) is 5.21. The second kappa shape index (κ2) is 8.81. The number of benzene rings is 2. The SMILES string of the molecule is CCc1ccc(NC2=C(c3ccc([N+](=O)[O-])cc3)C(=O)N(Cc3ccccn3)C2=O)cc1. The highest BCUT2D eigenvalue weighted by atomic mass is 16.6. The van der Waals surface area contributed by atoms with Crippen LogP contribution in [0.3, 0.4) is 0 Å². The summed E-state index contributed by atoms with van der Waals surface area (Å²) in [6, 6.07) is 18.4. The van der Waals surface area contributed by atoms with Gasteiger partial charge in [0.15, 0.2) is 0 Å². The van der Waals surface area contributed by atoms with Gasteiger partial charge in [-0.3, -0.25) is 29.6 Å². The lowest BCUT2D eigenvalue weighted by Crippen LogP contribution is -2.32. The molecular weight excluding hydrogens is 408 g/mol. The number of nitrogens with one attached hydrogen (secondary N) is 1. The van der Waals surface area contributed by atoms with E-state index in [-0.39, 0.29) is 23.5 Å². The molecule has 1 aromatic heterocycles. The summed E-state index contributed by atoms with van der Waals surface area (Å²) in [5.74, 6) is -0.962. The quantitative estimate of drug-likeness (QED) is 0.347. The van der Waals surface area contributed by atoms with Crippen LogP contribution in [-0.4, -0.2) is 26.6 Å². The van der Waals surface area contributed by atoms with Gasteiger partial charge >= 0.3 is 0 Å². The largest absolute Gasteiger partial charge is 0.350 e. The molecular formula is C24H20N4O4. The van der Waals surface area contributed by atoms with Crippen molar-refractivity contribution in [1.82, 2.24) is 9.88 Å². The molecule has 2 amide bonds. The summed E-state index contributed by atoms with van der Waals surface area (Å²) in [4.78, 5) is 42.4. The van der Waals surface area contributed by atoms with Crippen LogP contribution < -0.4 is 5.32 Å². The van der Waals surface area contributed by atoms with Crippen LogP contribution in [0.2, 0.25) is 0 Å². The predicted molar refractivity (Wildman–Crippen MR) is 119 cm³/mol. The van der Waals surface area contributed by atoms with Gasteiger partial charge < -0.3 is 5.32 Å². The lowest BCUT2D eigenvalue weighted by Gasteiger charge is -2.14. The summed E-state index contributed by atoms with van der Waals surface area (Å²) in [6.07, 6.45) is 2.48. The smallest absolute Gasteiger partial charge is 0.278 e. The molecule has 2 heterocycles. The normalized spacial score (nSPS) is 13.6. The second-order valence-electron chi connectivity index (χ2n) is 7.25. The van der Waals surface area contributed by atoms with E-state index < -0.39 is 16.7 Å². The Balaban J connectivity index is 1.73. The molecule has 0 saturated carbocycles. The highest BCUT2D eigenvalue weighted by Crippen LogP contribution is 2.32. The first-order valence-electron chi connectivity index (χ1n) is 10.1. The van der Waals surface area contributed by atoms with E-state index >= 15 is 0 Å². The molecule has 0 aliphatic carbocycles. The van der Waals surface area contributed by atoms with Crippen LogP contribution in [0.15, 0.2) is 78.6 Å². The molecule has 1 N–H and O–H groups in total. The summed E-state index contributed by atoms with van der Waals surface area (Å²) < 4.78 is 0. The minimum absolute atomic E-state index is 0.0228. The van der Waals surface area contributed by atoms with Gasteiger partial charge in [0.05, 0.1) is 22.7 Å². The van der Waals surface area contributed by atoms with E-state index in [0.29, 0.717) is 16.9 Å². The Labute approximate surface area is 184 Å². The number of amides is 2. The number of hydrogen-bond donors (Lipinski definition) is 1. The topological polar surface area (TPSA) is 105 Å². The number of pyridine rings is 1. The van der Waals surface area contributed by atoms with Crippen molar-refractivity contribution in [2.45, 2.75) is 19.9 Å². The van der Waals surface area contributed by atoms with Crippen molar-refractivity contribution in [2.24, 2.45) is 0 Å². The fourth-order valence-electron chi connectivity index (χ4n) is 3.47. The van der Waals surface area contributed by atoms with Crippen molar-refractivity contribution >= 4 is 28.8 Å². The molecule has 3 aromatic rings. The highest BCUT2D eigenvalue weighted by Gasteiger charge is 2.39. The number of hydrogen-bond acceptors (Lipinski definition) is 6. The number of aryl methyl sites for hydroxylation is 1. The molecule has 8 nitrogen and oxygen atoms in total. The average molecular weight is 428 g/mol. The van der Waals surface area contributed by atoms with Crippen molar-refractivity contribution < 1.29 is 14.5 Å². The zero-order valence-electron chi connectivity index (χ0n) is 17.3. The molecule has 0 saturated heterocycles. The zero-order chi connectivity index (χ0) is 22.7. The molecule has 0 unspecified atom stereocenters. The summed E-state index contributed by atoms with van der Waals surface area (Å²) in [5.41, 5.74) is 3.00. The Morgan fingerprint density at radius 1 is 0.969 bits per heavy atom. The Kier molecular flexibility index (Phi) is 5.76. The Bertz CT molecular complexity index is 1200. The third-order valence-corrected chi connectivity index (χ3v) is 5.21. The van der Waals surface area contributed by atoms with Crippen molar-refractivity contribution in [2.75, 3.05) is 5.32 Å². The Morgan fingerprint density at radius 2 is 1.69 bits per heavy atom. The maximum absolute atomic E-state index is 13.3. The van der Waals surface area contributed by atoms with Gasteiger partial charge in [0, 0.05) is 24.0 Å². The molecule has 4 rings (SSSR count). The molecule has 0 radical (unpaired) electrons. The van der Waals surface area contributed by atoms with Gasteiger partial charge in [0.1, 0.15) is 5.70 Å². The van der Waals surface area contributed by atoms with Crippen LogP contribution in [-0.2, 0) is 22.6 Å². The number of nitrogens with zero attached hydrogens (tertiary/aromatic N) is 3. The number of carbonyl (C=O) groups is 2. The van der Waals surface area contributed by atoms with Crippen LogP contribution in [0.25, 0.3) is 5.57 Å². The van der Waals surface area contributed by atoms with Crippen molar-refractivity contribution in [3.8, 4) is 0 Å². The summed E-state index contributed by atoms with van der Waals surface area (Å²) in [6.45, 7) is 2.07. The highest BCUT2D eigenvalue weighted by molar-refractivity contribution is 6.36. The van der Waals surface area contributed by atoms with Crippen molar-refractivity contribution in [3.05, 3.63) is 106 Å². The van der Waals surface area contributed by atoms with Crippen molar-refractivity contribution in [1.29, 1.82) is 0 Å². The third kappa shape index (κ3) is 4.11. The number of carbonyl (C=O) groups excluding carboxylic acids is 2. The van der Waals surface area contributed by atoms with Crippen LogP contribution in [0.5, 0.6) is 0 Å². The molecule has 2 aromatic carbocycles. The van der Waals surface area contributed by atoms with Gasteiger partial charge in [0.25, 0.3) is 17.5 Å². The maximum atomic E-state index is 13.3. The van der Waals surface area contributed by atoms with E-state index in [9.17, 15) is 19.7 Å². The first-order chi connectivity index (χ1) is 15.5. The van der Waals surface area contributed by atoms with Gasteiger partial charge in [-0.2, -0.15) is 0 Å². The number of nitro benzene ring substituents is 1. The first-order valence-corrected chi connectivity index (χ1v) is 10.1. The van der Waals surface area contributed by atoms with Crippen LogP contribution in [0.4, 0.5) is 11.4 Å². The molecule has 160 valence electrons. The monoisotopic (exact) mass is 428 g/mol. The minimum atomic E-state index is -0.512. The molecule has 0 bridgehead atoms.